The number of guanidine groups is 1. The molecule has 0 atom stereocenters. The highest BCUT2D eigenvalue weighted by Gasteiger charge is 2.25. The molecule has 8 heteroatoms. The summed E-state index contributed by atoms with van der Waals surface area (Å²) in [5.74, 6) is 0.650. The van der Waals surface area contributed by atoms with Crippen LogP contribution in [0.5, 0.6) is 0 Å². The Labute approximate surface area is 146 Å². The molecule has 0 spiro atoms. The zero-order valence-electron chi connectivity index (χ0n) is 12.7. The molecule has 22 heavy (non-hydrogen) atoms. The number of aliphatic imine (C=N–C) groups is 1. The highest BCUT2D eigenvalue weighted by molar-refractivity contribution is 14.0. The average molecular weight is 432 g/mol. The number of rotatable bonds is 8. The van der Waals surface area contributed by atoms with Crippen LogP contribution in [0.2, 0.25) is 0 Å². The minimum Gasteiger partial charge on any atom is -0.357 e. The third-order valence-electron chi connectivity index (χ3n) is 2.81. The van der Waals surface area contributed by atoms with Crippen molar-refractivity contribution in [3.05, 3.63) is 24.5 Å². The fourth-order valence-corrected chi connectivity index (χ4v) is 1.79. The smallest absolute Gasteiger partial charge is 0.357 e. The molecule has 0 saturated heterocycles. The van der Waals surface area contributed by atoms with Gasteiger partial charge >= 0.3 is 6.18 Å². The van der Waals surface area contributed by atoms with Gasteiger partial charge in [0.05, 0.1) is 0 Å². The van der Waals surface area contributed by atoms with Crippen molar-refractivity contribution in [2.24, 2.45) is 4.99 Å². The lowest BCUT2D eigenvalue weighted by Gasteiger charge is -2.11. The van der Waals surface area contributed by atoms with Crippen molar-refractivity contribution in [3.8, 4) is 0 Å². The van der Waals surface area contributed by atoms with Crippen LogP contribution in [0, 0.1) is 0 Å². The lowest BCUT2D eigenvalue weighted by Crippen LogP contribution is -2.38. The van der Waals surface area contributed by atoms with Gasteiger partial charge in [0.15, 0.2) is 5.96 Å². The second-order valence-electron chi connectivity index (χ2n) is 4.68. The Balaban J connectivity index is 0.00000441. The van der Waals surface area contributed by atoms with Gasteiger partial charge in [0.1, 0.15) is 0 Å². The van der Waals surface area contributed by atoms with Crippen LogP contribution in [0.15, 0.2) is 29.5 Å². The largest absolute Gasteiger partial charge is 0.389 e. The molecule has 1 rings (SSSR count). The number of aromatic nitrogens is 1. The third kappa shape index (κ3) is 10.7. The maximum Gasteiger partial charge on any atom is 0.389 e. The summed E-state index contributed by atoms with van der Waals surface area (Å²) in [6.45, 7) is 4.59. The molecule has 128 valence electrons. The fraction of sp³-hybridized carbons (Fsp3) is 0.643. The van der Waals surface area contributed by atoms with E-state index in [0.717, 1.165) is 13.1 Å². The van der Waals surface area contributed by atoms with E-state index in [2.05, 4.69) is 15.6 Å². The van der Waals surface area contributed by atoms with Crippen molar-refractivity contribution >= 4 is 29.9 Å². The van der Waals surface area contributed by atoms with Gasteiger partial charge in [0, 0.05) is 45.0 Å². The molecule has 0 aliphatic rings. The zero-order chi connectivity index (χ0) is 15.6. The van der Waals surface area contributed by atoms with Gasteiger partial charge in [-0.25, -0.2) is 0 Å². The second-order valence-corrected chi connectivity index (χ2v) is 4.68. The van der Waals surface area contributed by atoms with Crippen LogP contribution in [-0.2, 0) is 6.54 Å². The number of hydrogen-bond acceptors (Lipinski definition) is 1. The summed E-state index contributed by atoms with van der Waals surface area (Å²) in [6.07, 6.45) is -0.293. The van der Waals surface area contributed by atoms with Crippen LogP contribution < -0.4 is 10.6 Å². The van der Waals surface area contributed by atoms with Gasteiger partial charge < -0.3 is 15.2 Å². The van der Waals surface area contributed by atoms with Gasteiger partial charge in [-0.3, -0.25) is 4.99 Å². The number of halogens is 4. The Bertz CT molecular complexity index is 405. The zero-order valence-corrected chi connectivity index (χ0v) is 15.0. The topological polar surface area (TPSA) is 41.4 Å². The molecule has 1 aromatic rings. The van der Waals surface area contributed by atoms with Gasteiger partial charge in [-0.2, -0.15) is 13.2 Å². The lowest BCUT2D eigenvalue weighted by molar-refractivity contribution is -0.135. The summed E-state index contributed by atoms with van der Waals surface area (Å²) in [5, 5.41) is 6.24. The van der Waals surface area contributed by atoms with Crippen molar-refractivity contribution < 1.29 is 13.2 Å². The van der Waals surface area contributed by atoms with Crippen LogP contribution in [0.25, 0.3) is 0 Å². The molecule has 0 amide bonds. The molecule has 0 bridgehead atoms. The quantitative estimate of drug-likeness (QED) is 0.286. The van der Waals surface area contributed by atoms with E-state index < -0.39 is 12.6 Å². The summed E-state index contributed by atoms with van der Waals surface area (Å²) in [7, 11) is 0. The molecule has 0 saturated carbocycles. The van der Waals surface area contributed by atoms with Gasteiger partial charge in [-0.15, -0.1) is 24.0 Å². The molecule has 0 radical (unpaired) electrons. The number of nitrogens with one attached hydrogen (secondary N) is 2. The van der Waals surface area contributed by atoms with Gasteiger partial charge in [-0.1, -0.05) is 0 Å². The van der Waals surface area contributed by atoms with E-state index in [1.807, 2.05) is 36.0 Å². The van der Waals surface area contributed by atoms with E-state index in [0.29, 0.717) is 25.5 Å². The Morgan fingerprint density at radius 1 is 1.14 bits per heavy atom. The van der Waals surface area contributed by atoms with E-state index in [4.69, 9.17) is 0 Å². The van der Waals surface area contributed by atoms with Crippen molar-refractivity contribution in [1.29, 1.82) is 0 Å². The minimum absolute atomic E-state index is 0. The normalized spacial score (nSPS) is 11.9. The Kier molecular flexibility index (Phi) is 11.1. The van der Waals surface area contributed by atoms with E-state index >= 15 is 0 Å². The molecule has 4 nitrogen and oxygen atoms in total. The van der Waals surface area contributed by atoms with Crippen LogP contribution in [0.4, 0.5) is 13.2 Å². The first kappa shape index (κ1) is 21.1. The monoisotopic (exact) mass is 432 g/mol. The Morgan fingerprint density at radius 3 is 2.41 bits per heavy atom. The van der Waals surface area contributed by atoms with Gasteiger partial charge in [0.25, 0.3) is 0 Å². The molecule has 0 aromatic carbocycles. The summed E-state index contributed by atoms with van der Waals surface area (Å²) in [6, 6.07) is 3.92. The first-order valence-electron chi connectivity index (χ1n) is 7.21. The first-order valence-corrected chi connectivity index (χ1v) is 7.21. The maximum absolute atomic E-state index is 12.0. The Morgan fingerprint density at radius 2 is 1.82 bits per heavy atom. The lowest BCUT2D eigenvalue weighted by atomic mass is 10.2. The number of alkyl halides is 3. The molecule has 0 aliphatic carbocycles. The molecule has 1 heterocycles. The first-order chi connectivity index (χ1) is 10.0. The standard InChI is InChI=1S/C14H23F3N4.HI/c1-2-18-13(19-8-4-3-7-14(15,16)17)20-9-12-21-10-5-6-11-21;/h5-6,10-11H,2-4,7-9,12H2,1H3,(H2,18,19,20);1H. The van der Waals surface area contributed by atoms with Crippen LogP contribution >= 0.6 is 24.0 Å². The third-order valence-corrected chi connectivity index (χ3v) is 2.81. The summed E-state index contributed by atoms with van der Waals surface area (Å²) >= 11 is 0. The summed E-state index contributed by atoms with van der Waals surface area (Å²) in [4.78, 5) is 4.27. The Hall–Kier alpha value is -0.930. The maximum atomic E-state index is 12.0. The van der Waals surface area contributed by atoms with E-state index in [-0.39, 0.29) is 30.4 Å². The van der Waals surface area contributed by atoms with Crippen molar-refractivity contribution in [2.45, 2.75) is 38.9 Å². The highest BCUT2D eigenvalue weighted by Crippen LogP contribution is 2.21. The predicted molar refractivity (Wildman–Crippen MR) is 93.7 cm³/mol. The molecule has 0 aliphatic heterocycles. The van der Waals surface area contributed by atoms with Crippen molar-refractivity contribution in [3.63, 3.8) is 0 Å². The summed E-state index contributed by atoms with van der Waals surface area (Å²) < 4.78 is 38.0. The van der Waals surface area contributed by atoms with Gasteiger partial charge in [-0.05, 0) is 31.9 Å². The second kappa shape index (κ2) is 11.6. The van der Waals surface area contributed by atoms with E-state index in [9.17, 15) is 13.2 Å². The van der Waals surface area contributed by atoms with E-state index in [1.54, 1.807) is 0 Å². The molecule has 1 aromatic heterocycles. The van der Waals surface area contributed by atoms with Crippen LogP contribution in [-0.4, -0.2) is 36.3 Å². The molecular formula is C14H24F3IN4. The molecule has 0 fully saturated rings. The molecular weight excluding hydrogens is 408 g/mol. The average Bonchev–Trinajstić information content (AvgIpc) is 2.90. The van der Waals surface area contributed by atoms with Crippen LogP contribution in [0.3, 0.4) is 0 Å². The number of nitrogens with zero attached hydrogens (tertiary/aromatic N) is 2. The van der Waals surface area contributed by atoms with Crippen LogP contribution in [0.1, 0.15) is 26.2 Å². The molecule has 0 unspecified atom stereocenters. The van der Waals surface area contributed by atoms with Crippen molar-refractivity contribution in [1.82, 2.24) is 15.2 Å². The SMILES string of the molecule is CCNC(=NCCCCC(F)(F)F)NCCn1cccc1.I. The van der Waals surface area contributed by atoms with Gasteiger partial charge in [0.2, 0.25) is 0 Å². The fourth-order valence-electron chi connectivity index (χ4n) is 1.79. The minimum atomic E-state index is -4.07. The highest BCUT2D eigenvalue weighted by atomic mass is 127. The number of hydrogen-bond donors (Lipinski definition) is 2. The number of unbranched alkanes of at least 4 members (excludes halogenated alkanes) is 1. The van der Waals surface area contributed by atoms with Crippen molar-refractivity contribution in [2.75, 3.05) is 19.6 Å². The van der Waals surface area contributed by atoms with E-state index in [1.165, 1.54) is 0 Å². The molecule has 2 N–H and O–H groups in total. The predicted octanol–water partition coefficient (Wildman–Crippen LogP) is 3.39. The summed E-state index contributed by atoms with van der Waals surface area (Å²) in [5.41, 5.74) is 0.